The Hall–Kier alpha value is -2.17. The van der Waals surface area contributed by atoms with E-state index < -0.39 is 0 Å². The highest BCUT2D eigenvalue weighted by molar-refractivity contribution is 7.69. The predicted octanol–water partition coefficient (Wildman–Crippen LogP) is 8.90. The second-order valence-corrected chi connectivity index (χ2v) is 13.9. The monoisotopic (exact) mass is 424 g/mol. The van der Waals surface area contributed by atoms with E-state index in [0.29, 0.717) is 10.3 Å². The van der Waals surface area contributed by atoms with Crippen molar-refractivity contribution >= 4 is 34.8 Å². The van der Waals surface area contributed by atoms with E-state index in [1.54, 1.807) is 5.30 Å². The minimum atomic E-state index is -0.353. The van der Waals surface area contributed by atoms with Gasteiger partial charge in [0.2, 0.25) is 0 Å². The average molecular weight is 425 g/mol. The normalized spacial score (nSPS) is 18.8. The van der Waals surface area contributed by atoms with Gasteiger partial charge in [0.15, 0.2) is 0 Å². The summed E-state index contributed by atoms with van der Waals surface area (Å²) in [7, 11) is -0.353. The van der Waals surface area contributed by atoms with Crippen molar-refractivity contribution in [2.24, 2.45) is 0 Å². The summed E-state index contributed by atoms with van der Waals surface area (Å²) in [6.45, 7) is 10.1. The third-order valence-electron chi connectivity index (χ3n) is 7.24. The molecular formula is C30H33P. The molecule has 1 fully saturated rings. The van der Waals surface area contributed by atoms with E-state index in [0.717, 1.165) is 0 Å². The Bertz CT molecular complexity index is 1220. The Morgan fingerprint density at radius 1 is 0.581 bits per heavy atom. The van der Waals surface area contributed by atoms with Crippen LogP contribution in [0.4, 0.5) is 0 Å². The highest BCUT2D eigenvalue weighted by Gasteiger charge is 2.43. The SMILES string of the molecule is CC1(C)CCCCC(C)(C)P1c1ccc2ccccc2c1-c1cccc2ccccc12. The summed E-state index contributed by atoms with van der Waals surface area (Å²) in [5.41, 5.74) is 2.87. The van der Waals surface area contributed by atoms with Crippen LogP contribution in [0.25, 0.3) is 32.7 Å². The van der Waals surface area contributed by atoms with Crippen LogP contribution in [0.5, 0.6) is 0 Å². The topological polar surface area (TPSA) is 0 Å². The van der Waals surface area contributed by atoms with Crippen molar-refractivity contribution < 1.29 is 0 Å². The molecular weight excluding hydrogens is 391 g/mol. The summed E-state index contributed by atoms with van der Waals surface area (Å²) in [5, 5.41) is 7.69. The van der Waals surface area contributed by atoms with Gasteiger partial charge in [0, 0.05) is 0 Å². The number of hydrogen-bond donors (Lipinski definition) is 0. The molecule has 0 nitrogen and oxygen atoms in total. The van der Waals surface area contributed by atoms with Crippen LogP contribution in [-0.4, -0.2) is 10.3 Å². The molecule has 1 heterocycles. The second-order valence-electron chi connectivity index (χ2n) is 10.4. The van der Waals surface area contributed by atoms with Crippen LogP contribution in [0.3, 0.4) is 0 Å². The molecule has 0 aromatic heterocycles. The summed E-state index contributed by atoms with van der Waals surface area (Å²) < 4.78 is 0. The molecule has 1 saturated heterocycles. The van der Waals surface area contributed by atoms with E-state index in [1.807, 2.05) is 0 Å². The zero-order valence-corrected chi connectivity index (χ0v) is 20.2. The van der Waals surface area contributed by atoms with Crippen LogP contribution in [0.1, 0.15) is 53.4 Å². The molecule has 5 rings (SSSR count). The van der Waals surface area contributed by atoms with Gasteiger partial charge in [0.05, 0.1) is 0 Å². The van der Waals surface area contributed by atoms with Crippen LogP contribution in [-0.2, 0) is 0 Å². The lowest BCUT2D eigenvalue weighted by molar-refractivity contribution is 0.563. The minimum Gasteiger partial charge on any atom is -0.0630 e. The van der Waals surface area contributed by atoms with Gasteiger partial charge in [-0.15, -0.1) is 0 Å². The molecule has 1 aliphatic heterocycles. The van der Waals surface area contributed by atoms with E-state index >= 15 is 0 Å². The van der Waals surface area contributed by atoms with Crippen LogP contribution in [0, 0.1) is 0 Å². The maximum absolute atomic E-state index is 2.54. The molecule has 0 radical (unpaired) electrons. The van der Waals surface area contributed by atoms with Gasteiger partial charge >= 0.3 is 0 Å². The Kier molecular flexibility index (Phi) is 5.18. The zero-order valence-electron chi connectivity index (χ0n) is 19.3. The number of fused-ring (bicyclic) bond motifs is 2. The van der Waals surface area contributed by atoms with Crippen molar-refractivity contribution in [2.75, 3.05) is 0 Å². The van der Waals surface area contributed by atoms with E-state index in [-0.39, 0.29) is 7.92 Å². The Morgan fingerprint density at radius 3 is 1.81 bits per heavy atom. The quantitative estimate of drug-likeness (QED) is 0.282. The molecule has 0 aliphatic carbocycles. The summed E-state index contributed by atoms with van der Waals surface area (Å²) in [5.74, 6) is 0. The predicted molar refractivity (Wildman–Crippen MR) is 140 cm³/mol. The van der Waals surface area contributed by atoms with Crippen molar-refractivity contribution in [3.8, 4) is 11.1 Å². The van der Waals surface area contributed by atoms with Crippen molar-refractivity contribution in [1.82, 2.24) is 0 Å². The van der Waals surface area contributed by atoms with E-state index in [2.05, 4.69) is 107 Å². The average Bonchev–Trinajstić information content (AvgIpc) is 2.86. The standard InChI is InChI=1S/C30H33P/c1-29(2)20-9-10-21-30(3,4)31(29)27-19-18-23-13-6-8-16-25(23)28(27)26-17-11-14-22-12-5-7-15-24(22)26/h5-8,11-19H,9-10,20-21H2,1-4H3. The first-order valence-corrected chi connectivity index (χ1v) is 13.0. The lowest BCUT2D eigenvalue weighted by Gasteiger charge is -2.45. The second kappa shape index (κ2) is 7.75. The smallest absolute Gasteiger partial charge is 0.00217 e. The maximum Gasteiger partial charge on any atom is -0.00217 e. The molecule has 0 bridgehead atoms. The van der Waals surface area contributed by atoms with Gasteiger partial charge in [0.25, 0.3) is 0 Å². The molecule has 1 aliphatic rings. The highest BCUT2D eigenvalue weighted by Crippen LogP contribution is 2.65. The minimum absolute atomic E-state index is 0.330. The fourth-order valence-corrected chi connectivity index (χ4v) is 10.4. The number of benzene rings is 4. The Balaban J connectivity index is 1.89. The van der Waals surface area contributed by atoms with Crippen LogP contribution >= 0.6 is 7.92 Å². The van der Waals surface area contributed by atoms with E-state index in [1.165, 1.54) is 58.4 Å². The van der Waals surface area contributed by atoms with Gasteiger partial charge in [-0.1, -0.05) is 127 Å². The first-order chi connectivity index (χ1) is 14.9. The Labute approximate surface area is 188 Å². The van der Waals surface area contributed by atoms with Gasteiger partial charge in [-0.2, -0.15) is 0 Å². The molecule has 0 unspecified atom stereocenters. The van der Waals surface area contributed by atoms with Gasteiger partial charge in [-0.25, -0.2) is 0 Å². The zero-order chi connectivity index (χ0) is 21.6. The molecule has 1 heteroatoms. The molecule has 31 heavy (non-hydrogen) atoms. The molecule has 158 valence electrons. The summed E-state index contributed by atoms with van der Waals surface area (Å²) >= 11 is 0. The Morgan fingerprint density at radius 2 is 1.13 bits per heavy atom. The fourth-order valence-electron chi connectivity index (χ4n) is 5.98. The summed E-state index contributed by atoms with van der Waals surface area (Å²) in [6, 6.07) is 29.5. The van der Waals surface area contributed by atoms with Gasteiger partial charge in [-0.3, -0.25) is 0 Å². The number of rotatable bonds is 2. The first kappa shape index (κ1) is 20.7. The summed E-state index contributed by atoms with van der Waals surface area (Å²) in [4.78, 5) is 0. The third-order valence-corrected chi connectivity index (χ3v) is 11.0. The molecule has 0 N–H and O–H groups in total. The van der Waals surface area contributed by atoms with Gasteiger partial charge in [-0.05, 0) is 61.1 Å². The van der Waals surface area contributed by atoms with Crippen LogP contribution < -0.4 is 5.30 Å². The lowest BCUT2D eigenvalue weighted by atomic mass is 9.94. The molecule has 0 saturated carbocycles. The molecule has 0 spiro atoms. The molecule has 4 aromatic rings. The van der Waals surface area contributed by atoms with Crippen LogP contribution in [0.2, 0.25) is 0 Å². The largest absolute Gasteiger partial charge is 0.0630 e. The van der Waals surface area contributed by atoms with Crippen molar-refractivity contribution in [2.45, 2.75) is 63.7 Å². The number of hydrogen-bond acceptors (Lipinski definition) is 0. The van der Waals surface area contributed by atoms with Crippen molar-refractivity contribution in [3.05, 3.63) is 78.9 Å². The fraction of sp³-hybridized carbons (Fsp3) is 0.333. The molecule has 4 aromatic carbocycles. The van der Waals surface area contributed by atoms with Gasteiger partial charge in [0.1, 0.15) is 0 Å². The maximum atomic E-state index is 2.54. The van der Waals surface area contributed by atoms with E-state index in [9.17, 15) is 0 Å². The highest BCUT2D eigenvalue weighted by atomic mass is 31.1. The van der Waals surface area contributed by atoms with Crippen LogP contribution in [0.15, 0.2) is 78.9 Å². The van der Waals surface area contributed by atoms with Gasteiger partial charge < -0.3 is 0 Å². The summed E-state index contributed by atoms with van der Waals surface area (Å²) in [6.07, 6.45) is 5.35. The van der Waals surface area contributed by atoms with Crippen molar-refractivity contribution in [3.63, 3.8) is 0 Å². The molecule has 0 amide bonds. The first-order valence-electron chi connectivity index (χ1n) is 11.7. The third kappa shape index (κ3) is 3.60. The van der Waals surface area contributed by atoms with E-state index in [4.69, 9.17) is 0 Å². The lowest BCUT2D eigenvalue weighted by Crippen LogP contribution is -2.34. The van der Waals surface area contributed by atoms with Crippen molar-refractivity contribution in [1.29, 1.82) is 0 Å². The molecule has 0 atom stereocenters.